The smallest absolute Gasteiger partial charge is 0.228 e. The van der Waals surface area contributed by atoms with Crippen molar-refractivity contribution in [3.8, 4) is 5.88 Å². The van der Waals surface area contributed by atoms with Gasteiger partial charge in [0.15, 0.2) is 9.84 Å². The maximum atomic E-state index is 11.3. The zero-order chi connectivity index (χ0) is 12.5. The summed E-state index contributed by atoms with van der Waals surface area (Å²) in [5, 5.41) is 0. The molecule has 2 heterocycles. The third-order valence-electron chi connectivity index (χ3n) is 2.66. The van der Waals surface area contributed by atoms with E-state index in [-0.39, 0.29) is 11.5 Å². The average molecular weight is 257 g/mol. The highest BCUT2D eigenvalue weighted by atomic mass is 32.2. The Labute approximate surface area is 101 Å². The van der Waals surface area contributed by atoms with Crippen molar-refractivity contribution >= 4 is 15.8 Å². The van der Waals surface area contributed by atoms with E-state index in [2.05, 4.69) is 9.97 Å². The molecule has 0 amide bonds. The van der Waals surface area contributed by atoms with Gasteiger partial charge in [-0.2, -0.15) is 4.98 Å². The highest BCUT2D eigenvalue weighted by molar-refractivity contribution is 7.91. The van der Waals surface area contributed by atoms with Crippen LogP contribution in [0.3, 0.4) is 0 Å². The van der Waals surface area contributed by atoms with Gasteiger partial charge in [-0.15, -0.1) is 0 Å². The molecule has 94 valence electrons. The molecule has 0 atom stereocenters. The fourth-order valence-electron chi connectivity index (χ4n) is 1.68. The summed E-state index contributed by atoms with van der Waals surface area (Å²) >= 11 is 0. The highest BCUT2D eigenvalue weighted by Crippen LogP contribution is 2.17. The summed E-state index contributed by atoms with van der Waals surface area (Å²) in [4.78, 5) is 10.4. The molecule has 1 aromatic heterocycles. The standard InChI is InChI=1S/C10H15N3O3S/c1-8-7-9(16-2)12-10(11-8)13-3-5-17(14,15)6-4-13/h7H,3-6H2,1-2H3. The molecule has 1 aliphatic rings. The summed E-state index contributed by atoms with van der Waals surface area (Å²) in [6.07, 6.45) is 0. The first-order valence-electron chi connectivity index (χ1n) is 5.35. The van der Waals surface area contributed by atoms with Crippen LogP contribution < -0.4 is 9.64 Å². The third-order valence-corrected chi connectivity index (χ3v) is 4.26. The number of nitrogens with zero attached hydrogens (tertiary/aromatic N) is 3. The van der Waals surface area contributed by atoms with Crippen LogP contribution in [0.25, 0.3) is 0 Å². The molecule has 1 saturated heterocycles. The number of hydrogen-bond donors (Lipinski definition) is 0. The second kappa shape index (κ2) is 4.48. The Balaban J connectivity index is 2.21. The maximum Gasteiger partial charge on any atom is 0.228 e. The molecule has 0 bridgehead atoms. The summed E-state index contributed by atoms with van der Waals surface area (Å²) in [5.41, 5.74) is 0.806. The summed E-state index contributed by atoms with van der Waals surface area (Å²) in [7, 11) is -1.33. The first-order chi connectivity index (χ1) is 8.00. The van der Waals surface area contributed by atoms with Crippen molar-refractivity contribution in [3.05, 3.63) is 11.8 Å². The molecule has 6 nitrogen and oxygen atoms in total. The molecule has 0 N–H and O–H groups in total. The lowest BCUT2D eigenvalue weighted by Crippen LogP contribution is -2.41. The van der Waals surface area contributed by atoms with Crippen molar-refractivity contribution in [2.75, 3.05) is 36.6 Å². The summed E-state index contributed by atoms with van der Waals surface area (Å²) in [6, 6.07) is 1.74. The first-order valence-corrected chi connectivity index (χ1v) is 7.17. The van der Waals surface area contributed by atoms with Crippen molar-refractivity contribution in [2.24, 2.45) is 0 Å². The van der Waals surface area contributed by atoms with E-state index in [9.17, 15) is 8.42 Å². The van der Waals surface area contributed by atoms with Gasteiger partial charge in [0.1, 0.15) is 0 Å². The zero-order valence-corrected chi connectivity index (χ0v) is 10.7. The van der Waals surface area contributed by atoms with Crippen molar-refractivity contribution < 1.29 is 13.2 Å². The second-order valence-electron chi connectivity index (χ2n) is 3.99. The number of methoxy groups -OCH3 is 1. The average Bonchev–Trinajstić information content (AvgIpc) is 2.28. The monoisotopic (exact) mass is 257 g/mol. The minimum absolute atomic E-state index is 0.159. The van der Waals surface area contributed by atoms with Gasteiger partial charge >= 0.3 is 0 Å². The van der Waals surface area contributed by atoms with Gasteiger partial charge in [0.2, 0.25) is 11.8 Å². The molecule has 1 aromatic rings. The Bertz CT molecular complexity index is 502. The van der Waals surface area contributed by atoms with E-state index in [4.69, 9.17) is 4.74 Å². The minimum atomic E-state index is -2.88. The van der Waals surface area contributed by atoms with Gasteiger partial charge in [-0.1, -0.05) is 0 Å². The second-order valence-corrected chi connectivity index (χ2v) is 6.29. The van der Waals surface area contributed by atoms with E-state index in [0.29, 0.717) is 24.9 Å². The van der Waals surface area contributed by atoms with Crippen LogP contribution in [0.4, 0.5) is 5.95 Å². The van der Waals surface area contributed by atoms with E-state index in [1.165, 1.54) is 0 Å². The van der Waals surface area contributed by atoms with Crippen molar-refractivity contribution in [3.63, 3.8) is 0 Å². The number of anilines is 1. The lowest BCUT2D eigenvalue weighted by molar-refractivity contribution is 0.396. The summed E-state index contributed by atoms with van der Waals surface area (Å²) in [5.74, 6) is 1.36. The summed E-state index contributed by atoms with van der Waals surface area (Å²) < 4.78 is 27.7. The van der Waals surface area contributed by atoms with Crippen LogP contribution in [-0.4, -0.2) is 50.1 Å². The van der Waals surface area contributed by atoms with E-state index >= 15 is 0 Å². The fourth-order valence-corrected chi connectivity index (χ4v) is 2.88. The van der Waals surface area contributed by atoms with Gasteiger partial charge in [-0.3, -0.25) is 0 Å². The van der Waals surface area contributed by atoms with Crippen molar-refractivity contribution in [1.29, 1.82) is 0 Å². The lowest BCUT2D eigenvalue weighted by atomic mass is 10.4. The SMILES string of the molecule is COc1cc(C)nc(N2CCS(=O)(=O)CC2)n1. The van der Waals surface area contributed by atoms with E-state index in [1.54, 1.807) is 13.2 Å². The molecular weight excluding hydrogens is 242 g/mol. The Hall–Kier alpha value is -1.37. The van der Waals surface area contributed by atoms with Gasteiger partial charge < -0.3 is 9.64 Å². The number of sulfone groups is 1. The van der Waals surface area contributed by atoms with Gasteiger partial charge in [0.25, 0.3) is 0 Å². The van der Waals surface area contributed by atoms with Gasteiger partial charge in [0.05, 0.1) is 18.6 Å². The quantitative estimate of drug-likeness (QED) is 0.744. The molecule has 2 rings (SSSR count). The van der Waals surface area contributed by atoms with Crippen LogP contribution in [0, 0.1) is 6.92 Å². The minimum Gasteiger partial charge on any atom is -0.481 e. The molecule has 1 aliphatic heterocycles. The molecule has 0 aromatic carbocycles. The number of aryl methyl sites for hydroxylation is 1. The first kappa shape index (κ1) is 12.1. The number of ether oxygens (including phenoxy) is 1. The topological polar surface area (TPSA) is 72.4 Å². The van der Waals surface area contributed by atoms with E-state index in [1.807, 2.05) is 11.8 Å². The predicted octanol–water partition coefficient (Wildman–Crippen LogP) is 0.0284. The Morgan fingerprint density at radius 3 is 2.53 bits per heavy atom. The lowest BCUT2D eigenvalue weighted by Gasteiger charge is -2.26. The van der Waals surface area contributed by atoms with Crippen LogP contribution >= 0.6 is 0 Å². The molecule has 17 heavy (non-hydrogen) atoms. The molecule has 0 saturated carbocycles. The van der Waals surface area contributed by atoms with Gasteiger partial charge in [0, 0.05) is 24.8 Å². The fraction of sp³-hybridized carbons (Fsp3) is 0.600. The largest absolute Gasteiger partial charge is 0.481 e. The van der Waals surface area contributed by atoms with E-state index < -0.39 is 9.84 Å². The van der Waals surface area contributed by atoms with Crippen LogP contribution in [0.5, 0.6) is 5.88 Å². The van der Waals surface area contributed by atoms with Crippen LogP contribution in [0.2, 0.25) is 0 Å². The van der Waals surface area contributed by atoms with Crippen molar-refractivity contribution in [2.45, 2.75) is 6.92 Å². The highest BCUT2D eigenvalue weighted by Gasteiger charge is 2.23. The number of rotatable bonds is 2. The van der Waals surface area contributed by atoms with Crippen LogP contribution in [0.15, 0.2) is 6.07 Å². The third kappa shape index (κ3) is 2.85. The number of hydrogen-bond acceptors (Lipinski definition) is 6. The molecular formula is C10H15N3O3S. The van der Waals surface area contributed by atoms with Crippen LogP contribution in [-0.2, 0) is 9.84 Å². The molecule has 7 heteroatoms. The Morgan fingerprint density at radius 1 is 1.29 bits per heavy atom. The van der Waals surface area contributed by atoms with Gasteiger partial charge in [-0.05, 0) is 6.92 Å². The Kier molecular flexibility index (Phi) is 3.19. The molecule has 0 aliphatic carbocycles. The molecule has 1 fully saturated rings. The maximum absolute atomic E-state index is 11.3. The van der Waals surface area contributed by atoms with E-state index in [0.717, 1.165) is 5.69 Å². The summed E-state index contributed by atoms with van der Waals surface area (Å²) in [6.45, 7) is 2.73. The predicted molar refractivity (Wildman–Crippen MR) is 64.2 cm³/mol. The van der Waals surface area contributed by atoms with Crippen LogP contribution in [0.1, 0.15) is 5.69 Å². The van der Waals surface area contributed by atoms with Crippen molar-refractivity contribution in [1.82, 2.24) is 9.97 Å². The molecule has 0 radical (unpaired) electrons. The zero-order valence-electron chi connectivity index (χ0n) is 9.88. The molecule has 0 spiro atoms. The molecule has 0 unspecified atom stereocenters. The van der Waals surface area contributed by atoms with Gasteiger partial charge in [-0.25, -0.2) is 13.4 Å². The normalized spacial score (nSPS) is 19.1. The number of aromatic nitrogens is 2. The Morgan fingerprint density at radius 2 is 1.94 bits per heavy atom.